The molecule has 0 fully saturated rings. The van der Waals surface area contributed by atoms with Crippen LogP contribution in [-0.4, -0.2) is 13.6 Å². The van der Waals surface area contributed by atoms with Gasteiger partial charge in [0.1, 0.15) is 11.6 Å². The maximum atomic E-state index is 12.6. The van der Waals surface area contributed by atoms with Gasteiger partial charge in [-0.1, -0.05) is 0 Å². The lowest BCUT2D eigenvalue weighted by Crippen LogP contribution is -2.22. The second-order valence-electron chi connectivity index (χ2n) is 2.99. The molecular formula is C9H7FN2O3S. The van der Waals surface area contributed by atoms with Crippen LogP contribution >= 0.6 is 0 Å². The molecule has 7 heteroatoms. The van der Waals surface area contributed by atoms with Gasteiger partial charge in [-0.05, 0) is 24.3 Å². The maximum absolute atomic E-state index is 12.6. The number of sulfone groups is 1. The van der Waals surface area contributed by atoms with E-state index in [4.69, 9.17) is 10.5 Å². The van der Waals surface area contributed by atoms with Crippen LogP contribution in [0.2, 0.25) is 0 Å². The first-order valence-corrected chi connectivity index (χ1v) is 5.70. The van der Waals surface area contributed by atoms with Crippen molar-refractivity contribution in [3.8, 4) is 5.75 Å². The van der Waals surface area contributed by atoms with Crippen molar-refractivity contribution >= 4 is 15.1 Å². The Kier molecular flexibility index (Phi) is 2.39. The lowest BCUT2D eigenvalue weighted by molar-refractivity contribution is 0.546. The first kappa shape index (κ1) is 10.6. The largest absolute Gasteiger partial charge is 0.430 e. The molecule has 1 aliphatic heterocycles. The number of hydrogen-bond donors (Lipinski definition) is 1. The van der Waals surface area contributed by atoms with E-state index in [0.717, 1.165) is 18.3 Å². The summed E-state index contributed by atoms with van der Waals surface area (Å²) in [7, 11) is -3.80. The molecule has 5 nitrogen and oxygen atoms in total. The third-order valence-corrected chi connectivity index (χ3v) is 3.23. The molecule has 0 aliphatic carbocycles. The Labute approximate surface area is 91.0 Å². The summed E-state index contributed by atoms with van der Waals surface area (Å²) < 4.78 is 40.4. The number of nitrogens with two attached hydrogens (primary N) is 1. The lowest BCUT2D eigenvalue weighted by Gasteiger charge is -2.04. The summed E-state index contributed by atoms with van der Waals surface area (Å²) in [6.07, 6.45) is 0.994. The smallest absolute Gasteiger partial charge is 0.321 e. The molecule has 0 bridgehead atoms. The maximum Gasteiger partial charge on any atom is 0.321 e. The number of halogens is 1. The average molecular weight is 242 g/mol. The van der Waals surface area contributed by atoms with Crippen LogP contribution in [0.3, 0.4) is 0 Å². The first-order valence-electron chi connectivity index (χ1n) is 4.22. The summed E-state index contributed by atoms with van der Waals surface area (Å²) in [5.41, 5.74) is 5.20. The van der Waals surface area contributed by atoms with Crippen molar-refractivity contribution in [2.75, 3.05) is 0 Å². The summed E-state index contributed by atoms with van der Waals surface area (Å²) in [5.74, 6) is -0.270. The zero-order valence-electron chi connectivity index (χ0n) is 7.92. The van der Waals surface area contributed by atoms with Crippen molar-refractivity contribution < 1.29 is 17.5 Å². The fraction of sp³-hybridized carbons (Fsp3) is 0. The fourth-order valence-corrected chi connectivity index (χ4v) is 1.83. The third-order valence-electron chi connectivity index (χ3n) is 1.86. The zero-order valence-corrected chi connectivity index (χ0v) is 8.74. The number of aliphatic imine (C=N–C) groups is 1. The van der Waals surface area contributed by atoms with E-state index in [1.54, 1.807) is 0 Å². The van der Waals surface area contributed by atoms with Gasteiger partial charge >= 0.3 is 5.23 Å². The topological polar surface area (TPSA) is 81.8 Å². The van der Waals surface area contributed by atoms with E-state index in [0.29, 0.717) is 0 Å². The third kappa shape index (κ3) is 1.76. The van der Waals surface area contributed by atoms with Crippen LogP contribution in [0.5, 0.6) is 5.75 Å². The van der Waals surface area contributed by atoms with E-state index in [1.165, 1.54) is 12.1 Å². The molecule has 1 heterocycles. The predicted octanol–water partition coefficient (Wildman–Crippen LogP) is 0.747. The van der Waals surface area contributed by atoms with Crippen molar-refractivity contribution in [3.05, 3.63) is 41.3 Å². The van der Waals surface area contributed by atoms with E-state index >= 15 is 0 Å². The molecule has 16 heavy (non-hydrogen) atoms. The first-order chi connectivity index (χ1) is 7.50. The highest BCUT2D eigenvalue weighted by Gasteiger charge is 2.30. The highest BCUT2D eigenvalue weighted by molar-refractivity contribution is 8.09. The van der Waals surface area contributed by atoms with Gasteiger partial charge in [0.05, 0.1) is 6.20 Å². The molecule has 84 valence electrons. The summed E-state index contributed by atoms with van der Waals surface area (Å²) in [6, 6.07) is 4.88. The minimum Gasteiger partial charge on any atom is -0.430 e. The monoisotopic (exact) mass is 242 g/mol. The van der Waals surface area contributed by atoms with Crippen LogP contribution in [-0.2, 0) is 9.84 Å². The molecule has 0 aromatic heterocycles. The number of ether oxygens (including phenoxy) is 1. The summed E-state index contributed by atoms with van der Waals surface area (Å²) in [5, 5.41) is -0.874. The summed E-state index contributed by atoms with van der Waals surface area (Å²) >= 11 is 0. The molecule has 0 saturated heterocycles. The van der Waals surface area contributed by atoms with Gasteiger partial charge in [0.2, 0.25) is 0 Å². The number of nitrogens with zero attached hydrogens (tertiary/aromatic N) is 1. The van der Waals surface area contributed by atoms with Crippen LogP contribution in [0.15, 0.2) is 40.5 Å². The Hall–Kier alpha value is -1.89. The lowest BCUT2D eigenvalue weighted by atomic mass is 10.3. The van der Waals surface area contributed by atoms with E-state index < -0.39 is 20.9 Å². The minimum absolute atomic E-state index is 0.173. The molecule has 0 saturated carbocycles. The Morgan fingerprint density at radius 3 is 2.38 bits per heavy atom. The molecule has 0 atom stereocenters. The summed E-state index contributed by atoms with van der Waals surface area (Å²) in [6.45, 7) is 0. The molecule has 0 amide bonds. The van der Waals surface area contributed by atoms with Gasteiger partial charge < -0.3 is 10.5 Å². The number of rotatable bonds is 1. The fourth-order valence-electron chi connectivity index (χ4n) is 1.04. The molecule has 1 aromatic rings. The predicted molar refractivity (Wildman–Crippen MR) is 55.7 cm³/mol. The van der Waals surface area contributed by atoms with Crippen LogP contribution in [0.1, 0.15) is 0 Å². The molecule has 2 rings (SSSR count). The molecule has 1 aromatic carbocycles. The SMILES string of the molecule is NC1=CN=C(Oc2ccc(F)cc2)S1(=O)=O. The van der Waals surface area contributed by atoms with E-state index in [9.17, 15) is 12.8 Å². The van der Waals surface area contributed by atoms with Crippen molar-refractivity contribution in [1.82, 2.24) is 0 Å². The standard InChI is InChI=1S/C9H7FN2O3S/c10-6-1-3-7(4-2-6)15-9-12-5-8(11)16(9,13)14/h1-5H,11H2. The molecular weight excluding hydrogens is 235 g/mol. The molecule has 0 unspecified atom stereocenters. The Balaban J connectivity index is 2.23. The number of benzene rings is 1. The summed E-state index contributed by atoms with van der Waals surface area (Å²) in [4.78, 5) is 3.51. The Bertz CT molecular complexity index is 575. The van der Waals surface area contributed by atoms with Gasteiger partial charge in [0, 0.05) is 0 Å². The van der Waals surface area contributed by atoms with Crippen LogP contribution in [0, 0.1) is 5.82 Å². The minimum atomic E-state index is -3.80. The Morgan fingerprint density at radius 2 is 1.88 bits per heavy atom. The van der Waals surface area contributed by atoms with Crippen molar-refractivity contribution in [2.45, 2.75) is 0 Å². The van der Waals surface area contributed by atoms with Crippen LogP contribution in [0.25, 0.3) is 0 Å². The van der Waals surface area contributed by atoms with Gasteiger partial charge in [-0.3, -0.25) is 0 Å². The quantitative estimate of drug-likeness (QED) is 0.787. The van der Waals surface area contributed by atoms with Gasteiger partial charge in [-0.25, -0.2) is 17.8 Å². The zero-order chi connectivity index (χ0) is 11.8. The van der Waals surface area contributed by atoms with Crippen LogP contribution in [0.4, 0.5) is 4.39 Å². The average Bonchev–Trinajstić information content (AvgIpc) is 2.48. The van der Waals surface area contributed by atoms with Gasteiger partial charge in [-0.2, -0.15) is 0 Å². The molecule has 1 aliphatic rings. The highest BCUT2D eigenvalue weighted by atomic mass is 32.2. The van der Waals surface area contributed by atoms with E-state index in [2.05, 4.69) is 4.99 Å². The van der Waals surface area contributed by atoms with E-state index in [-0.39, 0.29) is 10.8 Å². The van der Waals surface area contributed by atoms with E-state index in [1.807, 2.05) is 0 Å². The molecule has 2 N–H and O–H groups in total. The van der Waals surface area contributed by atoms with Gasteiger partial charge in [-0.15, -0.1) is 0 Å². The van der Waals surface area contributed by atoms with Gasteiger partial charge in [0.15, 0.2) is 5.03 Å². The van der Waals surface area contributed by atoms with Crippen molar-refractivity contribution in [1.29, 1.82) is 0 Å². The van der Waals surface area contributed by atoms with Crippen molar-refractivity contribution in [2.24, 2.45) is 10.7 Å². The normalized spacial score (nSPS) is 17.8. The second kappa shape index (κ2) is 3.60. The van der Waals surface area contributed by atoms with Crippen molar-refractivity contribution in [3.63, 3.8) is 0 Å². The molecule has 0 radical (unpaired) electrons. The second-order valence-corrected chi connectivity index (χ2v) is 4.81. The Morgan fingerprint density at radius 1 is 1.25 bits per heavy atom. The van der Waals surface area contributed by atoms with Crippen LogP contribution < -0.4 is 10.5 Å². The molecule has 0 spiro atoms. The highest BCUT2D eigenvalue weighted by Crippen LogP contribution is 2.18. The van der Waals surface area contributed by atoms with Gasteiger partial charge in [0.25, 0.3) is 9.84 Å². The number of hydrogen-bond acceptors (Lipinski definition) is 5.